The predicted octanol–water partition coefficient (Wildman–Crippen LogP) is 6.52. The summed E-state index contributed by atoms with van der Waals surface area (Å²) in [6, 6.07) is 26.9. The van der Waals surface area contributed by atoms with E-state index in [4.69, 9.17) is 9.47 Å². The predicted molar refractivity (Wildman–Crippen MR) is 149 cm³/mol. The molecule has 0 aromatic heterocycles. The number of halogens is 1. The fourth-order valence-electron chi connectivity index (χ4n) is 5.41. The lowest BCUT2D eigenvalue weighted by Gasteiger charge is -2.39. The summed E-state index contributed by atoms with van der Waals surface area (Å²) in [5.74, 6) is 1.20. The van der Waals surface area contributed by atoms with Crippen LogP contribution in [0.5, 0.6) is 11.5 Å². The number of rotatable bonds is 8. The molecule has 4 nitrogen and oxygen atoms in total. The van der Waals surface area contributed by atoms with Crippen LogP contribution < -0.4 is 9.47 Å². The zero-order chi connectivity index (χ0) is 25.3. The van der Waals surface area contributed by atoms with Gasteiger partial charge in [-0.15, -0.1) is 0 Å². The second-order valence-corrected chi connectivity index (χ2v) is 10.7. The van der Waals surface area contributed by atoms with Gasteiger partial charge in [-0.1, -0.05) is 70.5 Å². The second-order valence-electron chi connectivity index (χ2n) is 9.80. The molecule has 0 unspecified atom stereocenters. The van der Waals surface area contributed by atoms with Crippen LogP contribution >= 0.6 is 15.9 Å². The number of fused-ring (bicyclic) bond motifs is 2. The van der Waals surface area contributed by atoms with E-state index in [1.807, 2.05) is 50.5 Å². The summed E-state index contributed by atoms with van der Waals surface area (Å²) in [5, 5.41) is 15.1. The van der Waals surface area contributed by atoms with Gasteiger partial charge >= 0.3 is 0 Å². The lowest BCUT2D eigenvalue weighted by Crippen LogP contribution is -2.38. The van der Waals surface area contributed by atoms with E-state index in [1.165, 1.54) is 0 Å². The maximum Gasteiger partial charge on any atom is 0.128 e. The molecule has 0 fully saturated rings. The van der Waals surface area contributed by atoms with Gasteiger partial charge in [0.15, 0.2) is 0 Å². The molecule has 1 N–H and O–H groups in total. The normalized spacial score (nSPS) is 15.4. The first kappa shape index (κ1) is 24.8. The summed E-state index contributed by atoms with van der Waals surface area (Å²) in [6.45, 7) is 1.35. The largest absolute Gasteiger partial charge is 0.496 e. The minimum absolute atomic E-state index is 0.382. The molecule has 0 bridgehead atoms. The molecule has 1 aliphatic heterocycles. The van der Waals surface area contributed by atoms with Crippen molar-refractivity contribution in [3.63, 3.8) is 0 Å². The highest BCUT2D eigenvalue weighted by Crippen LogP contribution is 2.51. The Morgan fingerprint density at radius 1 is 1.00 bits per heavy atom. The number of benzene rings is 4. The number of hydrogen-bond donors (Lipinski definition) is 1. The molecule has 5 rings (SSSR count). The number of hydrogen-bond acceptors (Lipinski definition) is 4. The Hall–Kier alpha value is -2.86. The Kier molecular flexibility index (Phi) is 7.07. The van der Waals surface area contributed by atoms with Gasteiger partial charge in [-0.05, 0) is 66.7 Å². The number of aliphatic hydroxyl groups is 1. The molecule has 0 radical (unpaired) electrons. The Labute approximate surface area is 221 Å². The van der Waals surface area contributed by atoms with Gasteiger partial charge < -0.3 is 19.5 Å². The van der Waals surface area contributed by atoms with E-state index >= 15 is 0 Å². The highest BCUT2D eigenvalue weighted by atomic mass is 79.9. The minimum Gasteiger partial charge on any atom is -0.496 e. The molecular weight excluding hydrogens is 514 g/mol. The molecule has 36 heavy (non-hydrogen) atoms. The van der Waals surface area contributed by atoms with E-state index in [1.54, 1.807) is 7.11 Å². The third-order valence-corrected chi connectivity index (χ3v) is 7.69. The maximum atomic E-state index is 12.9. The zero-order valence-electron chi connectivity index (χ0n) is 21.0. The highest BCUT2D eigenvalue weighted by Gasteiger charge is 2.44. The van der Waals surface area contributed by atoms with Crippen molar-refractivity contribution in [2.24, 2.45) is 0 Å². The first-order chi connectivity index (χ1) is 17.4. The van der Waals surface area contributed by atoms with Gasteiger partial charge in [0.05, 0.1) is 13.7 Å². The Balaban J connectivity index is 1.80. The third kappa shape index (κ3) is 4.63. The van der Waals surface area contributed by atoms with Crippen molar-refractivity contribution in [2.45, 2.75) is 24.4 Å². The van der Waals surface area contributed by atoms with Crippen LogP contribution in [0, 0.1) is 0 Å². The van der Waals surface area contributed by atoms with E-state index in [2.05, 4.69) is 63.3 Å². The summed E-state index contributed by atoms with van der Waals surface area (Å²) in [4.78, 5) is 2.12. The summed E-state index contributed by atoms with van der Waals surface area (Å²) in [6.07, 6.45) is 1.38. The standard InChI is InChI=1S/C31H32BrNO3/c1-33(2)16-15-31(34,27-11-7-10-22-14-17-36-30(22)27)29(21-8-5-4-6-9-21)26-19-24-18-25(32)13-12-23(24)20-28(26)35-3/h4-13,18-20,29,34H,14-17H2,1-3H3/t29-,31-/m1/s1. The number of methoxy groups -OCH3 is 1. The van der Waals surface area contributed by atoms with Gasteiger partial charge in [-0.25, -0.2) is 0 Å². The van der Waals surface area contributed by atoms with E-state index in [0.29, 0.717) is 19.6 Å². The fourth-order valence-corrected chi connectivity index (χ4v) is 5.79. The summed E-state index contributed by atoms with van der Waals surface area (Å²) in [7, 11) is 5.78. The van der Waals surface area contributed by atoms with Crippen LogP contribution in [-0.2, 0) is 12.0 Å². The molecule has 0 spiro atoms. The van der Waals surface area contributed by atoms with Crippen molar-refractivity contribution in [3.8, 4) is 11.5 Å². The van der Waals surface area contributed by atoms with Crippen LogP contribution in [0.2, 0.25) is 0 Å². The Morgan fingerprint density at radius 3 is 2.56 bits per heavy atom. The van der Waals surface area contributed by atoms with Gasteiger partial charge in [-0.2, -0.15) is 0 Å². The van der Waals surface area contributed by atoms with Crippen molar-refractivity contribution in [1.82, 2.24) is 4.90 Å². The van der Waals surface area contributed by atoms with Crippen molar-refractivity contribution in [1.29, 1.82) is 0 Å². The van der Waals surface area contributed by atoms with Gasteiger partial charge in [0, 0.05) is 34.5 Å². The van der Waals surface area contributed by atoms with Gasteiger partial charge in [0.25, 0.3) is 0 Å². The Morgan fingerprint density at radius 2 is 1.81 bits per heavy atom. The van der Waals surface area contributed by atoms with Crippen molar-refractivity contribution >= 4 is 26.7 Å². The smallest absolute Gasteiger partial charge is 0.128 e. The summed E-state index contributed by atoms with van der Waals surface area (Å²) in [5.41, 5.74) is 2.73. The van der Waals surface area contributed by atoms with E-state index in [9.17, 15) is 5.11 Å². The highest BCUT2D eigenvalue weighted by molar-refractivity contribution is 9.10. The minimum atomic E-state index is -1.24. The van der Waals surface area contributed by atoms with Crippen LogP contribution in [-0.4, -0.2) is 44.4 Å². The molecule has 0 saturated heterocycles. The third-order valence-electron chi connectivity index (χ3n) is 7.19. The molecule has 186 valence electrons. The van der Waals surface area contributed by atoms with Crippen molar-refractivity contribution in [3.05, 3.63) is 106 Å². The number of para-hydroxylation sites is 1. The Bertz CT molecular complexity index is 1370. The van der Waals surface area contributed by atoms with Crippen LogP contribution in [0.3, 0.4) is 0 Å². The first-order valence-corrected chi connectivity index (χ1v) is 13.1. The maximum absolute atomic E-state index is 12.9. The van der Waals surface area contributed by atoms with E-state index in [-0.39, 0.29) is 5.92 Å². The monoisotopic (exact) mass is 545 g/mol. The molecule has 4 aromatic carbocycles. The van der Waals surface area contributed by atoms with Gasteiger partial charge in [-0.3, -0.25) is 0 Å². The molecule has 0 amide bonds. The second kappa shape index (κ2) is 10.3. The average Bonchev–Trinajstić information content (AvgIpc) is 3.37. The zero-order valence-corrected chi connectivity index (χ0v) is 22.6. The quantitative estimate of drug-likeness (QED) is 0.273. The molecule has 5 heteroatoms. The molecule has 1 aliphatic rings. The lowest BCUT2D eigenvalue weighted by molar-refractivity contribution is 0.00192. The molecule has 0 aliphatic carbocycles. The fraction of sp³-hybridized carbons (Fsp3) is 0.290. The van der Waals surface area contributed by atoms with Crippen LogP contribution in [0.1, 0.15) is 34.6 Å². The topological polar surface area (TPSA) is 41.9 Å². The molecular formula is C31H32BrNO3. The van der Waals surface area contributed by atoms with Gasteiger partial charge in [0.1, 0.15) is 17.1 Å². The van der Waals surface area contributed by atoms with Crippen LogP contribution in [0.4, 0.5) is 0 Å². The molecule has 1 heterocycles. The molecule has 0 saturated carbocycles. The van der Waals surface area contributed by atoms with E-state index < -0.39 is 5.60 Å². The number of nitrogens with zero attached hydrogens (tertiary/aromatic N) is 1. The van der Waals surface area contributed by atoms with Crippen molar-refractivity contribution < 1.29 is 14.6 Å². The summed E-state index contributed by atoms with van der Waals surface area (Å²) < 4.78 is 13.1. The first-order valence-electron chi connectivity index (χ1n) is 12.3. The summed E-state index contributed by atoms with van der Waals surface area (Å²) >= 11 is 3.62. The average molecular weight is 547 g/mol. The number of ether oxygens (including phenoxy) is 2. The molecule has 4 aromatic rings. The SMILES string of the molecule is COc1cc2ccc(Br)cc2cc1[C@@H](c1ccccc1)[C@@](O)(CCN(C)C)c1cccc2c1OCC2. The van der Waals surface area contributed by atoms with Crippen LogP contribution in [0.15, 0.2) is 83.3 Å². The molecule has 2 atom stereocenters. The van der Waals surface area contributed by atoms with E-state index in [0.717, 1.165) is 55.4 Å². The lowest BCUT2D eigenvalue weighted by atomic mass is 9.70. The van der Waals surface area contributed by atoms with Crippen molar-refractivity contribution in [2.75, 3.05) is 34.4 Å². The van der Waals surface area contributed by atoms with Gasteiger partial charge in [0.2, 0.25) is 0 Å². The van der Waals surface area contributed by atoms with Crippen LogP contribution in [0.25, 0.3) is 10.8 Å².